The van der Waals surface area contributed by atoms with Gasteiger partial charge in [-0.05, 0) is 50.6 Å². The number of ether oxygens (including phenoxy) is 2. The maximum atomic E-state index is 6.01. The predicted octanol–water partition coefficient (Wildman–Crippen LogP) is 2.07. The lowest BCUT2D eigenvalue weighted by Crippen LogP contribution is -2.51. The molecule has 2 heterocycles. The van der Waals surface area contributed by atoms with E-state index < -0.39 is 0 Å². The van der Waals surface area contributed by atoms with Crippen LogP contribution >= 0.6 is 0 Å². The molecule has 2 saturated heterocycles. The number of likely N-dealkylation sites (tertiary alicyclic amines) is 1. The van der Waals surface area contributed by atoms with Crippen molar-refractivity contribution in [2.45, 2.75) is 37.8 Å². The van der Waals surface area contributed by atoms with Gasteiger partial charge >= 0.3 is 0 Å². The van der Waals surface area contributed by atoms with Crippen molar-refractivity contribution in [3.63, 3.8) is 0 Å². The van der Waals surface area contributed by atoms with Crippen LogP contribution in [0.2, 0.25) is 0 Å². The van der Waals surface area contributed by atoms with Gasteiger partial charge in [-0.3, -0.25) is 4.90 Å². The SMILES string of the molecule is COc1cc(CC2CCCCN2)ccc1OC1CN(C)C1. The Morgan fingerprint density at radius 1 is 1.24 bits per heavy atom. The van der Waals surface area contributed by atoms with Crippen molar-refractivity contribution in [1.82, 2.24) is 10.2 Å². The van der Waals surface area contributed by atoms with Gasteiger partial charge in [-0.1, -0.05) is 12.5 Å². The topological polar surface area (TPSA) is 33.7 Å². The summed E-state index contributed by atoms with van der Waals surface area (Å²) in [4.78, 5) is 2.25. The summed E-state index contributed by atoms with van der Waals surface area (Å²) in [7, 11) is 3.83. The minimum Gasteiger partial charge on any atom is -0.493 e. The monoisotopic (exact) mass is 290 g/mol. The van der Waals surface area contributed by atoms with Crippen LogP contribution in [0.1, 0.15) is 24.8 Å². The van der Waals surface area contributed by atoms with E-state index in [1.54, 1.807) is 7.11 Å². The zero-order chi connectivity index (χ0) is 14.7. The van der Waals surface area contributed by atoms with Crippen LogP contribution in [0, 0.1) is 0 Å². The Balaban J connectivity index is 1.63. The summed E-state index contributed by atoms with van der Waals surface area (Å²) in [6.07, 6.45) is 5.29. The Bertz CT molecular complexity index is 466. The van der Waals surface area contributed by atoms with Crippen molar-refractivity contribution in [3.8, 4) is 11.5 Å². The summed E-state index contributed by atoms with van der Waals surface area (Å²) < 4.78 is 11.5. The highest BCUT2D eigenvalue weighted by molar-refractivity contribution is 5.43. The lowest BCUT2D eigenvalue weighted by Gasteiger charge is -2.36. The number of benzene rings is 1. The quantitative estimate of drug-likeness (QED) is 0.900. The van der Waals surface area contributed by atoms with Gasteiger partial charge in [0, 0.05) is 19.1 Å². The van der Waals surface area contributed by atoms with E-state index in [1.807, 2.05) is 0 Å². The Hall–Kier alpha value is -1.26. The normalized spacial score (nSPS) is 23.6. The highest BCUT2D eigenvalue weighted by Crippen LogP contribution is 2.31. The lowest BCUT2D eigenvalue weighted by atomic mass is 9.97. The second-order valence-electron chi connectivity index (χ2n) is 6.30. The smallest absolute Gasteiger partial charge is 0.161 e. The van der Waals surface area contributed by atoms with Crippen LogP contribution in [0.15, 0.2) is 18.2 Å². The van der Waals surface area contributed by atoms with E-state index in [0.29, 0.717) is 12.1 Å². The summed E-state index contributed by atoms with van der Waals surface area (Å²) in [5.74, 6) is 1.73. The first kappa shape index (κ1) is 14.7. The van der Waals surface area contributed by atoms with Crippen molar-refractivity contribution in [2.24, 2.45) is 0 Å². The van der Waals surface area contributed by atoms with Crippen molar-refractivity contribution in [3.05, 3.63) is 23.8 Å². The van der Waals surface area contributed by atoms with Gasteiger partial charge in [0.2, 0.25) is 0 Å². The third kappa shape index (κ3) is 3.69. The molecule has 3 rings (SSSR count). The van der Waals surface area contributed by atoms with Gasteiger partial charge in [-0.25, -0.2) is 0 Å². The molecule has 1 N–H and O–H groups in total. The van der Waals surface area contributed by atoms with E-state index >= 15 is 0 Å². The van der Waals surface area contributed by atoms with Gasteiger partial charge in [-0.15, -0.1) is 0 Å². The maximum absolute atomic E-state index is 6.01. The number of hydrogen-bond donors (Lipinski definition) is 1. The molecule has 0 aromatic heterocycles. The molecule has 21 heavy (non-hydrogen) atoms. The molecule has 4 nitrogen and oxygen atoms in total. The number of piperidine rings is 1. The largest absolute Gasteiger partial charge is 0.493 e. The second kappa shape index (κ2) is 6.67. The molecule has 1 atom stereocenters. The summed E-state index contributed by atoms with van der Waals surface area (Å²) in [6, 6.07) is 6.98. The Kier molecular flexibility index (Phi) is 4.66. The Labute approximate surface area is 127 Å². The average molecular weight is 290 g/mol. The van der Waals surface area contributed by atoms with E-state index in [0.717, 1.165) is 37.6 Å². The van der Waals surface area contributed by atoms with Crippen LogP contribution in [0.5, 0.6) is 11.5 Å². The van der Waals surface area contributed by atoms with Gasteiger partial charge in [0.1, 0.15) is 6.10 Å². The molecule has 0 saturated carbocycles. The molecular weight excluding hydrogens is 264 g/mol. The molecule has 0 aliphatic carbocycles. The minimum atomic E-state index is 0.301. The zero-order valence-corrected chi connectivity index (χ0v) is 13.1. The molecule has 0 amide bonds. The Morgan fingerprint density at radius 2 is 2.10 bits per heavy atom. The maximum Gasteiger partial charge on any atom is 0.161 e. The first-order chi connectivity index (χ1) is 10.2. The summed E-state index contributed by atoms with van der Waals surface area (Å²) in [5, 5.41) is 3.60. The van der Waals surface area contributed by atoms with Crippen LogP contribution in [0.3, 0.4) is 0 Å². The molecule has 1 aromatic rings. The molecule has 0 bridgehead atoms. The first-order valence-electron chi connectivity index (χ1n) is 8.00. The molecular formula is C17H26N2O2. The molecule has 4 heteroatoms. The van der Waals surface area contributed by atoms with Crippen LogP contribution in [-0.2, 0) is 6.42 Å². The molecule has 2 fully saturated rings. The molecule has 0 radical (unpaired) electrons. The van der Waals surface area contributed by atoms with E-state index in [1.165, 1.54) is 24.8 Å². The first-order valence-corrected chi connectivity index (χ1v) is 8.00. The van der Waals surface area contributed by atoms with Crippen LogP contribution in [0.25, 0.3) is 0 Å². The standard InChI is InChI=1S/C17H26N2O2/c1-19-11-15(12-19)21-16-7-6-13(10-17(16)20-2)9-14-5-3-4-8-18-14/h6-7,10,14-15,18H,3-5,8-9,11-12H2,1-2H3. The number of rotatable bonds is 5. The molecule has 2 aliphatic heterocycles. The highest BCUT2D eigenvalue weighted by atomic mass is 16.5. The van der Waals surface area contributed by atoms with Gasteiger partial charge in [0.05, 0.1) is 7.11 Å². The van der Waals surface area contributed by atoms with Crippen LogP contribution in [-0.4, -0.2) is 50.8 Å². The molecule has 2 aliphatic rings. The van der Waals surface area contributed by atoms with Crippen molar-refractivity contribution < 1.29 is 9.47 Å². The summed E-state index contributed by atoms with van der Waals surface area (Å²) >= 11 is 0. The van der Waals surface area contributed by atoms with Gasteiger partial charge in [0.25, 0.3) is 0 Å². The molecule has 1 unspecified atom stereocenters. The third-order valence-corrected chi connectivity index (χ3v) is 4.45. The zero-order valence-electron chi connectivity index (χ0n) is 13.1. The van der Waals surface area contributed by atoms with Gasteiger partial charge < -0.3 is 14.8 Å². The van der Waals surface area contributed by atoms with Crippen LogP contribution in [0.4, 0.5) is 0 Å². The van der Waals surface area contributed by atoms with E-state index in [4.69, 9.17) is 9.47 Å². The van der Waals surface area contributed by atoms with Crippen molar-refractivity contribution in [1.29, 1.82) is 0 Å². The number of methoxy groups -OCH3 is 1. The minimum absolute atomic E-state index is 0.301. The number of nitrogens with zero attached hydrogens (tertiary/aromatic N) is 1. The summed E-state index contributed by atoms with van der Waals surface area (Å²) in [6.45, 7) is 3.14. The number of hydrogen-bond acceptors (Lipinski definition) is 4. The van der Waals surface area contributed by atoms with E-state index in [2.05, 4.69) is 35.5 Å². The van der Waals surface area contributed by atoms with E-state index in [9.17, 15) is 0 Å². The van der Waals surface area contributed by atoms with Crippen LogP contribution < -0.4 is 14.8 Å². The second-order valence-corrected chi connectivity index (χ2v) is 6.30. The van der Waals surface area contributed by atoms with Crippen molar-refractivity contribution in [2.75, 3.05) is 33.8 Å². The Morgan fingerprint density at radius 3 is 2.76 bits per heavy atom. The average Bonchev–Trinajstić information content (AvgIpc) is 2.48. The highest BCUT2D eigenvalue weighted by Gasteiger charge is 2.26. The third-order valence-electron chi connectivity index (χ3n) is 4.45. The fraction of sp³-hybridized carbons (Fsp3) is 0.647. The lowest BCUT2D eigenvalue weighted by molar-refractivity contribution is 0.0369. The number of nitrogens with one attached hydrogen (secondary N) is 1. The van der Waals surface area contributed by atoms with E-state index in [-0.39, 0.29) is 0 Å². The van der Waals surface area contributed by atoms with Crippen molar-refractivity contribution >= 4 is 0 Å². The number of likely N-dealkylation sites (N-methyl/N-ethyl adjacent to an activating group) is 1. The molecule has 1 aromatic carbocycles. The van der Waals surface area contributed by atoms with Gasteiger partial charge in [0.15, 0.2) is 11.5 Å². The molecule has 116 valence electrons. The molecule has 0 spiro atoms. The van der Waals surface area contributed by atoms with Gasteiger partial charge in [-0.2, -0.15) is 0 Å². The summed E-state index contributed by atoms with van der Waals surface area (Å²) in [5.41, 5.74) is 1.32. The fourth-order valence-corrected chi connectivity index (χ4v) is 3.21. The predicted molar refractivity (Wildman–Crippen MR) is 84.3 cm³/mol. The fourth-order valence-electron chi connectivity index (χ4n) is 3.21.